The van der Waals surface area contributed by atoms with E-state index < -0.39 is 6.17 Å². The second-order valence-electron chi connectivity index (χ2n) is 7.67. The van der Waals surface area contributed by atoms with Crippen molar-refractivity contribution in [3.05, 3.63) is 51.0 Å². The van der Waals surface area contributed by atoms with Crippen molar-refractivity contribution in [2.75, 3.05) is 19.6 Å². The highest BCUT2D eigenvalue weighted by Gasteiger charge is 2.26. The Balaban J connectivity index is 1.34. The third-order valence-electron chi connectivity index (χ3n) is 5.63. The van der Waals surface area contributed by atoms with E-state index in [1.807, 2.05) is 11.6 Å². The SMILES string of the molecule is CCc1ccc(CN2CCc3c(C(=O)NC[C@@H]4C[C@H](F)CN4)csc3C2)nc1. The second-order valence-corrected chi connectivity index (χ2v) is 8.64. The number of aromatic nitrogens is 1. The molecule has 1 saturated heterocycles. The summed E-state index contributed by atoms with van der Waals surface area (Å²) in [5.41, 5.74) is 4.31. The Morgan fingerprint density at radius 2 is 2.36 bits per heavy atom. The fourth-order valence-electron chi connectivity index (χ4n) is 3.93. The van der Waals surface area contributed by atoms with Gasteiger partial charge >= 0.3 is 0 Å². The molecule has 2 N–H and O–H groups in total. The van der Waals surface area contributed by atoms with E-state index in [0.29, 0.717) is 19.5 Å². The molecule has 1 fully saturated rings. The number of carbonyl (C=O) groups is 1. The zero-order chi connectivity index (χ0) is 19.5. The van der Waals surface area contributed by atoms with Gasteiger partial charge in [-0.3, -0.25) is 14.7 Å². The normalized spacial score (nSPS) is 22.2. The molecule has 150 valence electrons. The van der Waals surface area contributed by atoms with E-state index in [4.69, 9.17) is 0 Å². The van der Waals surface area contributed by atoms with Crippen LogP contribution in [0, 0.1) is 0 Å². The zero-order valence-corrected chi connectivity index (χ0v) is 17.0. The average molecular weight is 403 g/mol. The first-order valence-corrected chi connectivity index (χ1v) is 10.9. The van der Waals surface area contributed by atoms with Crippen LogP contribution in [0.1, 0.15) is 45.4 Å². The second kappa shape index (κ2) is 8.68. The minimum Gasteiger partial charge on any atom is -0.350 e. The molecule has 0 aromatic carbocycles. The molecule has 0 spiro atoms. The van der Waals surface area contributed by atoms with Gasteiger partial charge in [-0.15, -0.1) is 11.3 Å². The number of rotatable bonds is 6. The molecule has 2 aromatic rings. The van der Waals surface area contributed by atoms with Gasteiger partial charge in [0.15, 0.2) is 0 Å². The Morgan fingerprint density at radius 1 is 1.46 bits per heavy atom. The van der Waals surface area contributed by atoms with Gasteiger partial charge in [-0.1, -0.05) is 13.0 Å². The summed E-state index contributed by atoms with van der Waals surface area (Å²) in [5, 5.41) is 8.05. The molecule has 4 heterocycles. The monoisotopic (exact) mass is 402 g/mol. The third-order valence-corrected chi connectivity index (χ3v) is 6.64. The van der Waals surface area contributed by atoms with Gasteiger partial charge in [-0.2, -0.15) is 0 Å². The number of alkyl halides is 1. The van der Waals surface area contributed by atoms with E-state index in [-0.39, 0.29) is 11.9 Å². The van der Waals surface area contributed by atoms with Crippen LogP contribution in [0.5, 0.6) is 0 Å². The van der Waals surface area contributed by atoms with Crippen LogP contribution in [0.25, 0.3) is 0 Å². The smallest absolute Gasteiger partial charge is 0.252 e. The minimum absolute atomic E-state index is 0.0353. The van der Waals surface area contributed by atoms with Crippen molar-refractivity contribution in [2.24, 2.45) is 0 Å². The molecule has 1 amide bonds. The first-order valence-electron chi connectivity index (χ1n) is 10.0. The average Bonchev–Trinajstić information content (AvgIpc) is 3.32. The first kappa shape index (κ1) is 19.5. The lowest BCUT2D eigenvalue weighted by molar-refractivity contribution is 0.0948. The van der Waals surface area contributed by atoms with Crippen LogP contribution < -0.4 is 10.6 Å². The van der Waals surface area contributed by atoms with Crippen molar-refractivity contribution in [3.63, 3.8) is 0 Å². The Kier molecular flexibility index (Phi) is 6.04. The van der Waals surface area contributed by atoms with Crippen LogP contribution in [0.2, 0.25) is 0 Å². The summed E-state index contributed by atoms with van der Waals surface area (Å²) >= 11 is 1.66. The number of amides is 1. The van der Waals surface area contributed by atoms with Gasteiger partial charge in [0.05, 0.1) is 11.3 Å². The number of fused-ring (bicyclic) bond motifs is 1. The van der Waals surface area contributed by atoms with Crippen molar-refractivity contribution >= 4 is 17.2 Å². The van der Waals surface area contributed by atoms with Crippen LogP contribution in [0.3, 0.4) is 0 Å². The number of nitrogens with one attached hydrogen (secondary N) is 2. The molecule has 2 aromatic heterocycles. The molecule has 0 unspecified atom stereocenters. The molecule has 2 aliphatic rings. The van der Waals surface area contributed by atoms with Crippen molar-refractivity contribution < 1.29 is 9.18 Å². The lowest BCUT2D eigenvalue weighted by Gasteiger charge is -2.27. The van der Waals surface area contributed by atoms with Gasteiger partial charge in [0.25, 0.3) is 5.91 Å². The summed E-state index contributed by atoms with van der Waals surface area (Å²) in [4.78, 5) is 20.8. The van der Waals surface area contributed by atoms with E-state index in [0.717, 1.165) is 43.7 Å². The molecule has 4 rings (SSSR count). The van der Waals surface area contributed by atoms with E-state index in [9.17, 15) is 9.18 Å². The van der Waals surface area contributed by atoms with Crippen molar-refractivity contribution in [2.45, 2.75) is 51.5 Å². The first-order chi connectivity index (χ1) is 13.6. The topological polar surface area (TPSA) is 57.3 Å². The van der Waals surface area contributed by atoms with Gasteiger partial charge in [0, 0.05) is 55.2 Å². The lowest BCUT2D eigenvalue weighted by Crippen LogP contribution is -2.37. The van der Waals surface area contributed by atoms with Crippen LogP contribution in [0.4, 0.5) is 4.39 Å². The molecular formula is C21H27FN4OS. The molecule has 0 saturated carbocycles. The van der Waals surface area contributed by atoms with E-state index >= 15 is 0 Å². The zero-order valence-electron chi connectivity index (χ0n) is 16.2. The number of halogens is 1. The molecule has 5 nitrogen and oxygen atoms in total. The summed E-state index contributed by atoms with van der Waals surface area (Å²) in [6, 6.07) is 4.30. The number of thiophene rings is 1. The molecular weight excluding hydrogens is 375 g/mol. The summed E-state index contributed by atoms with van der Waals surface area (Å²) in [6.07, 6.45) is 3.52. The predicted octanol–water partition coefficient (Wildman–Crippen LogP) is 2.69. The van der Waals surface area contributed by atoms with Crippen LogP contribution in [0.15, 0.2) is 23.7 Å². The highest BCUT2D eigenvalue weighted by molar-refractivity contribution is 7.10. The molecule has 28 heavy (non-hydrogen) atoms. The van der Waals surface area contributed by atoms with Gasteiger partial charge in [-0.05, 0) is 36.5 Å². The highest BCUT2D eigenvalue weighted by Crippen LogP contribution is 2.29. The van der Waals surface area contributed by atoms with E-state index in [2.05, 4.69) is 39.6 Å². The Morgan fingerprint density at radius 3 is 3.07 bits per heavy atom. The maximum atomic E-state index is 13.2. The Bertz CT molecular complexity index is 822. The van der Waals surface area contributed by atoms with E-state index in [1.165, 1.54) is 16.0 Å². The minimum atomic E-state index is -0.797. The van der Waals surface area contributed by atoms with Crippen molar-refractivity contribution in [1.29, 1.82) is 0 Å². The number of aryl methyl sites for hydroxylation is 1. The lowest BCUT2D eigenvalue weighted by atomic mass is 10.0. The molecule has 0 bridgehead atoms. The molecule has 0 radical (unpaired) electrons. The fraction of sp³-hybridized carbons (Fsp3) is 0.524. The molecule has 0 aliphatic carbocycles. The standard InChI is InChI=1S/C21H27FN4OS/c1-2-14-3-4-16(23-8-14)11-26-6-5-18-19(13-28-20(18)12-26)21(27)25-10-17-7-15(22)9-24-17/h3-4,8,13,15,17,24H,2,5-7,9-12H2,1H3,(H,25,27)/t15-,17-/m0/s1. The number of nitrogens with zero attached hydrogens (tertiary/aromatic N) is 2. The van der Waals surface area contributed by atoms with Gasteiger partial charge in [-0.25, -0.2) is 4.39 Å². The van der Waals surface area contributed by atoms with Crippen molar-refractivity contribution in [1.82, 2.24) is 20.5 Å². The Labute approximate surface area is 169 Å². The Hall–Kier alpha value is -1.83. The number of carbonyl (C=O) groups excluding carboxylic acids is 1. The van der Waals surface area contributed by atoms with Crippen LogP contribution in [-0.4, -0.2) is 47.6 Å². The van der Waals surface area contributed by atoms with Gasteiger partial charge in [0.1, 0.15) is 6.17 Å². The van der Waals surface area contributed by atoms with E-state index in [1.54, 1.807) is 11.3 Å². The van der Waals surface area contributed by atoms with Crippen LogP contribution >= 0.6 is 11.3 Å². The predicted molar refractivity (Wildman–Crippen MR) is 109 cm³/mol. The van der Waals surface area contributed by atoms with Gasteiger partial charge < -0.3 is 10.6 Å². The largest absolute Gasteiger partial charge is 0.350 e. The maximum absolute atomic E-state index is 13.2. The van der Waals surface area contributed by atoms with Crippen LogP contribution in [-0.2, 0) is 25.9 Å². The summed E-state index contributed by atoms with van der Waals surface area (Å²) in [5.74, 6) is -0.0353. The van der Waals surface area contributed by atoms with Crippen molar-refractivity contribution in [3.8, 4) is 0 Å². The van der Waals surface area contributed by atoms with Gasteiger partial charge in [0.2, 0.25) is 0 Å². The summed E-state index contributed by atoms with van der Waals surface area (Å²) in [6.45, 7) is 5.62. The molecule has 7 heteroatoms. The maximum Gasteiger partial charge on any atom is 0.252 e. The molecule has 2 atom stereocenters. The number of hydrogen-bond donors (Lipinski definition) is 2. The fourth-order valence-corrected chi connectivity index (χ4v) is 5.05. The third kappa shape index (κ3) is 4.42. The summed E-state index contributed by atoms with van der Waals surface area (Å²) in [7, 11) is 0. The quantitative estimate of drug-likeness (QED) is 0.780. The number of hydrogen-bond acceptors (Lipinski definition) is 5. The number of pyridine rings is 1. The summed E-state index contributed by atoms with van der Waals surface area (Å²) < 4.78 is 13.2. The molecule has 2 aliphatic heterocycles. The highest BCUT2D eigenvalue weighted by atomic mass is 32.1.